The van der Waals surface area contributed by atoms with Crippen molar-refractivity contribution in [3.8, 4) is 11.5 Å². The lowest BCUT2D eigenvalue weighted by Crippen LogP contribution is -2.17. The number of ether oxygens (including phenoxy) is 2. The van der Waals surface area contributed by atoms with Crippen molar-refractivity contribution in [1.82, 2.24) is 0 Å². The fourth-order valence-electron chi connectivity index (χ4n) is 7.58. The van der Waals surface area contributed by atoms with E-state index in [0.717, 1.165) is 50.4 Å². The predicted molar refractivity (Wildman–Crippen MR) is 186 cm³/mol. The van der Waals surface area contributed by atoms with Crippen molar-refractivity contribution in [2.24, 2.45) is 10.8 Å². The smallest absolute Gasteiger partial charge is 0.119 e. The molecule has 0 aromatic heterocycles. The molecule has 2 nitrogen and oxygen atoms in total. The molecular weight excluding hydrogens is 524 g/mol. The summed E-state index contributed by atoms with van der Waals surface area (Å²) in [5.41, 5.74) is 8.90. The second kappa shape index (κ2) is 16.2. The van der Waals surface area contributed by atoms with Gasteiger partial charge < -0.3 is 9.47 Å². The van der Waals surface area contributed by atoms with Crippen molar-refractivity contribution in [1.29, 1.82) is 0 Å². The topological polar surface area (TPSA) is 18.5 Å². The van der Waals surface area contributed by atoms with Gasteiger partial charge in [-0.1, -0.05) is 137 Å². The molecule has 4 rings (SSSR count). The van der Waals surface area contributed by atoms with Crippen LogP contribution in [0, 0.1) is 10.8 Å². The van der Waals surface area contributed by atoms with E-state index in [9.17, 15) is 0 Å². The molecule has 0 saturated carbocycles. The number of hydrogen-bond donors (Lipinski definition) is 0. The van der Waals surface area contributed by atoms with Gasteiger partial charge in [0.05, 0.1) is 13.2 Å². The summed E-state index contributed by atoms with van der Waals surface area (Å²) >= 11 is 0. The summed E-state index contributed by atoms with van der Waals surface area (Å²) in [6.07, 6.45) is 22.6. The van der Waals surface area contributed by atoms with E-state index in [4.69, 9.17) is 9.47 Å². The number of allylic oxidation sites excluding steroid dienone is 2. The molecule has 0 bridgehead atoms. The lowest BCUT2D eigenvalue weighted by atomic mass is 9.74. The Kier molecular flexibility index (Phi) is 12.7. The van der Waals surface area contributed by atoms with Gasteiger partial charge in [-0.05, 0) is 94.2 Å². The Morgan fingerprint density at radius 1 is 0.488 bits per heavy atom. The van der Waals surface area contributed by atoms with Crippen LogP contribution in [0.5, 0.6) is 11.5 Å². The van der Waals surface area contributed by atoms with Gasteiger partial charge in [0.2, 0.25) is 0 Å². The Hall–Kier alpha value is -2.22. The summed E-state index contributed by atoms with van der Waals surface area (Å²) in [7, 11) is 0. The molecule has 2 aliphatic carbocycles. The minimum absolute atomic E-state index is 0.0874. The third-order valence-corrected chi connectivity index (χ3v) is 9.81. The average molecular weight is 587 g/mol. The molecule has 0 spiro atoms. The fraction of sp³-hybridized carbons (Fsp3) is 0.659. The van der Waals surface area contributed by atoms with Crippen LogP contribution in [0.25, 0.3) is 11.1 Å². The zero-order chi connectivity index (χ0) is 30.7. The van der Waals surface area contributed by atoms with Crippen molar-refractivity contribution in [3.05, 3.63) is 58.7 Å². The fourth-order valence-corrected chi connectivity index (χ4v) is 7.58. The standard InChI is InChI=1S/C41H62O2/c1-7-9-10-11-12-13-14-15-16-17-18-19-20-21-27-43-35-25-23-33-31-41(5,6)39(37(33)29-35)38-36-28-34(42-26-8-2)24-22-32(36)30-40(38,3)4/h22-25,28-29H,7-21,26-27,30-31H2,1-6H3/b39-38+. The van der Waals surface area contributed by atoms with Gasteiger partial charge in [0.15, 0.2) is 0 Å². The lowest BCUT2D eigenvalue weighted by Gasteiger charge is -2.30. The highest BCUT2D eigenvalue weighted by molar-refractivity contribution is 6.00. The lowest BCUT2D eigenvalue weighted by molar-refractivity contribution is 0.304. The number of unbranched alkanes of at least 4 members (excludes halogenated alkanes) is 13. The SMILES string of the molecule is CCCCCCCCCCCCCCCCOc1ccc2c(c1)/C(=C1/c3cc(OCCC)ccc3CC1(C)C)C(C)(C)C2. The Balaban J connectivity index is 1.29. The quantitative estimate of drug-likeness (QED) is 0.152. The second-order valence-electron chi connectivity index (χ2n) is 14.8. The highest BCUT2D eigenvalue weighted by Gasteiger charge is 2.43. The summed E-state index contributed by atoms with van der Waals surface area (Å²) in [6.45, 7) is 15.7. The molecule has 0 heterocycles. The molecule has 0 amide bonds. The van der Waals surface area contributed by atoms with Gasteiger partial charge in [-0.2, -0.15) is 0 Å². The molecule has 2 aromatic carbocycles. The molecule has 2 heteroatoms. The second-order valence-corrected chi connectivity index (χ2v) is 14.8. The molecule has 0 N–H and O–H groups in total. The van der Waals surface area contributed by atoms with E-state index in [0.29, 0.717) is 0 Å². The van der Waals surface area contributed by atoms with E-state index >= 15 is 0 Å². The number of fused-ring (bicyclic) bond motifs is 2. The minimum atomic E-state index is 0.0874. The predicted octanol–water partition coefficient (Wildman–Crippen LogP) is 12.4. The summed E-state index contributed by atoms with van der Waals surface area (Å²) in [5, 5.41) is 0. The largest absolute Gasteiger partial charge is 0.494 e. The first-order valence-electron chi connectivity index (χ1n) is 18.0. The van der Waals surface area contributed by atoms with Crippen molar-refractivity contribution >= 4 is 11.1 Å². The van der Waals surface area contributed by atoms with Crippen LogP contribution in [-0.4, -0.2) is 13.2 Å². The monoisotopic (exact) mass is 586 g/mol. The zero-order valence-electron chi connectivity index (χ0n) is 28.7. The Labute approximate surface area is 265 Å². The molecule has 0 fully saturated rings. The molecular formula is C41H62O2. The molecule has 2 aliphatic rings. The van der Waals surface area contributed by atoms with Crippen LogP contribution < -0.4 is 9.47 Å². The Morgan fingerprint density at radius 2 is 0.884 bits per heavy atom. The van der Waals surface area contributed by atoms with Crippen molar-refractivity contribution in [3.63, 3.8) is 0 Å². The molecule has 0 unspecified atom stereocenters. The summed E-state index contributed by atoms with van der Waals surface area (Å²) in [4.78, 5) is 0. The van der Waals surface area contributed by atoms with E-state index in [1.807, 2.05) is 0 Å². The van der Waals surface area contributed by atoms with Crippen LogP contribution >= 0.6 is 0 Å². The van der Waals surface area contributed by atoms with Crippen molar-refractivity contribution in [2.45, 2.75) is 151 Å². The minimum Gasteiger partial charge on any atom is -0.494 e. The maximum atomic E-state index is 6.36. The molecule has 43 heavy (non-hydrogen) atoms. The van der Waals surface area contributed by atoms with Gasteiger partial charge >= 0.3 is 0 Å². The van der Waals surface area contributed by atoms with Crippen molar-refractivity contribution in [2.75, 3.05) is 13.2 Å². The average Bonchev–Trinajstić information content (AvgIpc) is 3.39. The van der Waals surface area contributed by atoms with Crippen LogP contribution in [-0.2, 0) is 12.8 Å². The van der Waals surface area contributed by atoms with E-state index < -0.39 is 0 Å². The molecule has 0 saturated heterocycles. The maximum Gasteiger partial charge on any atom is 0.119 e. The van der Waals surface area contributed by atoms with Gasteiger partial charge in [-0.3, -0.25) is 0 Å². The van der Waals surface area contributed by atoms with E-state index in [-0.39, 0.29) is 10.8 Å². The van der Waals surface area contributed by atoms with E-state index in [1.54, 1.807) is 0 Å². The maximum absolute atomic E-state index is 6.36. The normalized spacial score (nSPS) is 18.1. The first-order valence-corrected chi connectivity index (χ1v) is 18.0. The van der Waals surface area contributed by atoms with Gasteiger partial charge in [-0.25, -0.2) is 0 Å². The Bertz CT molecular complexity index is 1180. The van der Waals surface area contributed by atoms with E-state index in [2.05, 4.69) is 77.9 Å². The van der Waals surface area contributed by atoms with Crippen LogP contribution in [0.1, 0.15) is 160 Å². The van der Waals surface area contributed by atoms with Crippen molar-refractivity contribution < 1.29 is 9.47 Å². The number of benzene rings is 2. The van der Waals surface area contributed by atoms with Gasteiger partial charge in [0.25, 0.3) is 0 Å². The first-order chi connectivity index (χ1) is 20.8. The molecule has 0 atom stereocenters. The number of hydrogen-bond acceptors (Lipinski definition) is 2. The number of rotatable bonds is 19. The molecule has 2 aromatic rings. The van der Waals surface area contributed by atoms with Gasteiger partial charge in [0.1, 0.15) is 11.5 Å². The van der Waals surface area contributed by atoms with Crippen LogP contribution in [0.3, 0.4) is 0 Å². The Morgan fingerprint density at radius 3 is 1.30 bits per heavy atom. The molecule has 238 valence electrons. The summed E-state index contributed by atoms with van der Waals surface area (Å²) < 4.78 is 12.4. The molecule has 0 aliphatic heterocycles. The van der Waals surface area contributed by atoms with Crippen LogP contribution in [0.15, 0.2) is 36.4 Å². The molecule has 0 radical (unpaired) electrons. The van der Waals surface area contributed by atoms with Crippen LogP contribution in [0.2, 0.25) is 0 Å². The first kappa shape index (κ1) is 33.7. The van der Waals surface area contributed by atoms with Crippen LogP contribution in [0.4, 0.5) is 0 Å². The summed E-state index contributed by atoms with van der Waals surface area (Å²) in [5.74, 6) is 2.03. The third-order valence-electron chi connectivity index (χ3n) is 9.81. The highest BCUT2D eigenvalue weighted by Crippen LogP contribution is 2.58. The highest BCUT2D eigenvalue weighted by atomic mass is 16.5. The van der Waals surface area contributed by atoms with Gasteiger partial charge in [0, 0.05) is 0 Å². The third kappa shape index (κ3) is 9.15. The van der Waals surface area contributed by atoms with Gasteiger partial charge in [-0.15, -0.1) is 0 Å². The zero-order valence-corrected chi connectivity index (χ0v) is 28.7. The summed E-state index contributed by atoms with van der Waals surface area (Å²) in [6, 6.07) is 13.7. The van der Waals surface area contributed by atoms with E-state index in [1.165, 1.54) is 117 Å².